The van der Waals surface area contributed by atoms with Crippen LogP contribution in [0.15, 0.2) is 24.3 Å². The van der Waals surface area contributed by atoms with Crippen LogP contribution in [0.4, 0.5) is 4.39 Å². The van der Waals surface area contributed by atoms with Crippen LogP contribution in [0.25, 0.3) is 0 Å². The molecule has 0 unspecified atom stereocenters. The van der Waals surface area contributed by atoms with E-state index in [0.29, 0.717) is 6.47 Å². The molecule has 0 saturated heterocycles. The summed E-state index contributed by atoms with van der Waals surface area (Å²) < 4.78 is 22.2. The Morgan fingerprint density at radius 1 is 1.31 bits per heavy atom. The molecule has 0 aliphatic carbocycles. The van der Waals surface area contributed by atoms with Crippen molar-refractivity contribution >= 4 is 6.47 Å². The minimum absolute atomic E-state index is 0.123. The van der Waals surface area contributed by atoms with Gasteiger partial charge in [0.05, 0.1) is 0 Å². The van der Waals surface area contributed by atoms with Crippen LogP contribution in [-0.2, 0) is 9.53 Å². The van der Waals surface area contributed by atoms with Gasteiger partial charge in [0.25, 0.3) is 6.47 Å². The summed E-state index contributed by atoms with van der Waals surface area (Å²) in [6.45, 7) is 0.599. The first-order chi connectivity index (χ1) is 6.34. The van der Waals surface area contributed by atoms with Crippen LogP contribution in [-0.4, -0.2) is 19.7 Å². The molecule has 0 radical (unpaired) electrons. The summed E-state index contributed by atoms with van der Waals surface area (Å²) in [6.07, 6.45) is 0. The van der Waals surface area contributed by atoms with Gasteiger partial charge >= 0.3 is 0 Å². The number of halogens is 1. The second-order valence-corrected chi connectivity index (χ2v) is 2.25. The molecule has 13 heavy (non-hydrogen) atoms. The fraction of sp³-hybridized carbons (Fsp3) is 0.222. The van der Waals surface area contributed by atoms with Gasteiger partial charge in [0, 0.05) is 0 Å². The summed E-state index contributed by atoms with van der Waals surface area (Å²) in [5.74, 6) is -0.259. The van der Waals surface area contributed by atoms with E-state index in [0.717, 1.165) is 0 Å². The highest BCUT2D eigenvalue weighted by Gasteiger charge is 1.99. The van der Waals surface area contributed by atoms with Crippen molar-refractivity contribution in [2.24, 2.45) is 0 Å². The van der Waals surface area contributed by atoms with Gasteiger partial charge in [-0.15, -0.1) is 0 Å². The zero-order chi connectivity index (χ0) is 9.52. The van der Waals surface area contributed by atoms with Gasteiger partial charge in [-0.3, -0.25) is 4.79 Å². The summed E-state index contributed by atoms with van der Waals surface area (Å²) in [5, 5.41) is 0. The summed E-state index contributed by atoms with van der Waals surface area (Å²) in [6, 6.07) is 6.05. The lowest BCUT2D eigenvalue weighted by molar-refractivity contribution is -0.129. The smallest absolute Gasteiger partial charge is 0.293 e. The van der Waals surface area contributed by atoms with E-state index < -0.39 is 5.82 Å². The molecule has 0 bridgehead atoms. The van der Waals surface area contributed by atoms with Gasteiger partial charge in [0.15, 0.2) is 11.6 Å². The van der Waals surface area contributed by atoms with E-state index in [2.05, 4.69) is 4.74 Å². The number of carbonyl (C=O) groups excluding carboxylic acids is 1. The Balaban J connectivity index is 2.36. The van der Waals surface area contributed by atoms with E-state index in [-0.39, 0.29) is 19.0 Å². The molecule has 1 rings (SSSR count). The molecule has 0 fully saturated rings. The number of benzene rings is 1. The number of hydrogen-bond acceptors (Lipinski definition) is 3. The highest BCUT2D eigenvalue weighted by atomic mass is 19.1. The van der Waals surface area contributed by atoms with Gasteiger partial charge in [0.2, 0.25) is 0 Å². The number of carbonyl (C=O) groups is 1. The number of hydrogen-bond donors (Lipinski definition) is 0. The van der Waals surface area contributed by atoms with E-state index in [1.165, 1.54) is 12.1 Å². The molecule has 0 aliphatic heterocycles. The molecule has 0 heterocycles. The third-order valence-corrected chi connectivity index (χ3v) is 1.36. The zero-order valence-corrected chi connectivity index (χ0v) is 6.90. The van der Waals surface area contributed by atoms with Crippen molar-refractivity contribution in [3.05, 3.63) is 30.1 Å². The standard InChI is InChI=1S/C9H9FO3/c10-8-3-1-2-4-9(8)13-6-5-12-7-11/h1-4,7H,5-6H2. The van der Waals surface area contributed by atoms with Gasteiger partial charge in [0.1, 0.15) is 13.2 Å². The van der Waals surface area contributed by atoms with E-state index in [1.807, 2.05) is 0 Å². The lowest BCUT2D eigenvalue weighted by atomic mass is 10.3. The Labute approximate surface area is 75.1 Å². The molecule has 0 aliphatic rings. The Kier molecular flexibility index (Phi) is 3.75. The van der Waals surface area contributed by atoms with Crippen molar-refractivity contribution in [2.75, 3.05) is 13.2 Å². The van der Waals surface area contributed by atoms with E-state index >= 15 is 0 Å². The fourth-order valence-electron chi connectivity index (χ4n) is 0.810. The van der Waals surface area contributed by atoms with Crippen molar-refractivity contribution in [3.63, 3.8) is 0 Å². The molecule has 3 nitrogen and oxygen atoms in total. The maximum absolute atomic E-state index is 12.9. The number of ether oxygens (including phenoxy) is 2. The Morgan fingerprint density at radius 3 is 2.77 bits per heavy atom. The zero-order valence-electron chi connectivity index (χ0n) is 6.90. The predicted octanol–water partition coefficient (Wildman–Crippen LogP) is 1.38. The van der Waals surface area contributed by atoms with Gasteiger partial charge in [-0.05, 0) is 12.1 Å². The normalized spacial score (nSPS) is 9.31. The van der Waals surface area contributed by atoms with Crippen molar-refractivity contribution in [3.8, 4) is 5.75 Å². The van der Waals surface area contributed by atoms with Crippen LogP contribution in [0.5, 0.6) is 5.75 Å². The molecule has 1 aromatic rings. The topological polar surface area (TPSA) is 35.5 Å². The Morgan fingerprint density at radius 2 is 2.08 bits per heavy atom. The molecule has 0 saturated carbocycles. The largest absolute Gasteiger partial charge is 0.487 e. The van der Waals surface area contributed by atoms with Gasteiger partial charge in [-0.25, -0.2) is 4.39 Å². The van der Waals surface area contributed by atoms with Crippen molar-refractivity contribution in [1.82, 2.24) is 0 Å². The molecule has 0 amide bonds. The van der Waals surface area contributed by atoms with E-state index in [1.54, 1.807) is 12.1 Å². The van der Waals surface area contributed by atoms with Crippen LogP contribution >= 0.6 is 0 Å². The SMILES string of the molecule is O=COCCOc1ccccc1F. The molecular formula is C9H9FO3. The van der Waals surface area contributed by atoms with E-state index in [4.69, 9.17) is 4.74 Å². The minimum atomic E-state index is -0.423. The Bertz CT molecular complexity index is 275. The lowest BCUT2D eigenvalue weighted by Crippen LogP contribution is -2.06. The average molecular weight is 184 g/mol. The summed E-state index contributed by atoms with van der Waals surface area (Å²) in [4.78, 5) is 9.73. The summed E-state index contributed by atoms with van der Waals surface area (Å²) >= 11 is 0. The third kappa shape index (κ3) is 3.11. The quantitative estimate of drug-likeness (QED) is 0.512. The van der Waals surface area contributed by atoms with Crippen LogP contribution in [0.2, 0.25) is 0 Å². The van der Waals surface area contributed by atoms with Crippen LogP contribution in [0.3, 0.4) is 0 Å². The average Bonchev–Trinajstić information content (AvgIpc) is 2.15. The molecule has 0 aromatic heterocycles. The van der Waals surface area contributed by atoms with Gasteiger partial charge in [-0.1, -0.05) is 12.1 Å². The molecular weight excluding hydrogens is 175 g/mol. The first kappa shape index (κ1) is 9.51. The Hall–Kier alpha value is -1.58. The number of rotatable bonds is 5. The second kappa shape index (κ2) is 5.13. The highest BCUT2D eigenvalue weighted by Crippen LogP contribution is 2.14. The highest BCUT2D eigenvalue weighted by molar-refractivity contribution is 5.36. The van der Waals surface area contributed by atoms with Gasteiger partial charge < -0.3 is 9.47 Å². The molecule has 0 spiro atoms. The molecule has 0 atom stereocenters. The van der Waals surface area contributed by atoms with Crippen molar-refractivity contribution in [1.29, 1.82) is 0 Å². The lowest BCUT2D eigenvalue weighted by Gasteiger charge is -2.05. The number of para-hydroxylation sites is 1. The van der Waals surface area contributed by atoms with Crippen LogP contribution in [0, 0.1) is 5.82 Å². The fourth-order valence-corrected chi connectivity index (χ4v) is 0.810. The maximum Gasteiger partial charge on any atom is 0.293 e. The molecule has 70 valence electrons. The van der Waals surface area contributed by atoms with E-state index in [9.17, 15) is 9.18 Å². The van der Waals surface area contributed by atoms with Crippen LogP contribution in [0.1, 0.15) is 0 Å². The maximum atomic E-state index is 12.9. The third-order valence-electron chi connectivity index (χ3n) is 1.36. The minimum Gasteiger partial charge on any atom is -0.487 e. The molecule has 0 N–H and O–H groups in total. The second-order valence-electron chi connectivity index (χ2n) is 2.25. The van der Waals surface area contributed by atoms with Crippen LogP contribution < -0.4 is 4.74 Å². The predicted molar refractivity (Wildman–Crippen MR) is 43.9 cm³/mol. The summed E-state index contributed by atoms with van der Waals surface area (Å²) in [7, 11) is 0. The monoisotopic (exact) mass is 184 g/mol. The first-order valence-electron chi connectivity index (χ1n) is 3.77. The molecule has 1 aromatic carbocycles. The van der Waals surface area contributed by atoms with Gasteiger partial charge in [-0.2, -0.15) is 0 Å². The van der Waals surface area contributed by atoms with Crippen molar-refractivity contribution < 1.29 is 18.7 Å². The van der Waals surface area contributed by atoms with Crippen molar-refractivity contribution in [2.45, 2.75) is 0 Å². The first-order valence-corrected chi connectivity index (χ1v) is 3.77. The molecule has 4 heteroatoms. The summed E-state index contributed by atoms with van der Waals surface area (Å²) in [5.41, 5.74) is 0.